The second-order valence-corrected chi connectivity index (χ2v) is 9.49. The predicted molar refractivity (Wildman–Crippen MR) is 136 cm³/mol. The van der Waals surface area contributed by atoms with Gasteiger partial charge in [-0.1, -0.05) is 123 Å². The smallest absolute Gasteiger partial charge is 0.306 e. The van der Waals surface area contributed by atoms with Crippen LogP contribution < -0.4 is 0 Å². The van der Waals surface area contributed by atoms with E-state index in [9.17, 15) is 14.7 Å². The molecule has 33 heavy (non-hydrogen) atoms. The third kappa shape index (κ3) is 23.8. The van der Waals surface area contributed by atoms with E-state index in [1.807, 2.05) is 0 Å². The fourth-order valence-corrected chi connectivity index (χ4v) is 3.96. The van der Waals surface area contributed by atoms with E-state index in [1.165, 1.54) is 83.5 Å². The number of esters is 2. The van der Waals surface area contributed by atoms with Crippen molar-refractivity contribution in [2.75, 3.05) is 13.2 Å². The molecule has 0 amide bonds. The molecule has 0 saturated heterocycles. The van der Waals surface area contributed by atoms with Gasteiger partial charge in [0.25, 0.3) is 0 Å². The monoisotopic (exact) mass is 470 g/mol. The Balaban J connectivity index is 3.60. The van der Waals surface area contributed by atoms with E-state index < -0.39 is 6.10 Å². The van der Waals surface area contributed by atoms with Gasteiger partial charge in [0.2, 0.25) is 0 Å². The topological polar surface area (TPSA) is 72.8 Å². The number of aliphatic hydroxyl groups is 1. The summed E-state index contributed by atoms with van der Waals surface area (Å²) in [5, 5.41) is 9.42. The largest absolute Gasteiger partial charge is 0.462 e. The Morgan fingerprint density at radius 1 is 0.576 bits per heavy atom. The first-order valence-electron chi connectivity index (χ1n) is 14.1. The van der Waals surface area contributed by atoms with E-state index in [0.717, 1.165) is 38.5 Å². The first kappa shape index (κ1) is 31.9. The van der Waals surface area contributed by atoms with E-state index in [1.54, 1.807) is 0 Å². The molecule has 0 unspecified atom stereocenters. The summed E-state index contributed by atoms with van der Waals surface area (Å²) in [6.45, 7) is 4.08. The van der Waals surface area contributed by atoms with Crippen molar-refractivity contribution in [3.05, 3.63) is 0 Å². The molecule has 0 aromatic carbocycles. The number of aliphatic hydroxyl groups excluding tert-OH is 1. The number of carbonyl (C=O) groups excluding carboxylic acids is 2. The maximum atomic E-state index is 12.0. The molecular weight excluding hydrogens is 416 g/mol. The van der Waals surface area contributed by atoms with Crippen LogP contribution >= 0.6 is 0 Å². The molecule has 5 nitrogen and oxygen atoms in total. The summed E-state index contributed by atoms with van der Waals surface area (Å²) >= 11 is 0. The molecule has 0 aromatic rings. The highest BCUT2D eigenvalue weighted by atomic mass is 16.6. The fraction of sp³-hybridized carbons (Fsp3) is 0.929. The summed E-state index contributed by atoms with van der Waals surface area (Å²) in [5.74, 6) is -0.592. The van der Waals surface area contributed by atoms with Gasteiger partial charge in [0.05, 0.1) is 6.61 Å². The lowest BCUT2D eigenvalue weighted by Gasteiger charge is -2.15. The number of ether oxygens (including phenoxy) is 2. The van der Waals surface area contributed by atoms with Crippen molar-refractivity contribution in [2.24, 2.45) is 0 Å². The Kier molecular flexibility index (Phi) is 24.7. The third-order valence-corrected chi connectivity index (χ3v) is 6.15. The molecular formula is C28H54O5. The van der Waals surface area contributed by atoms with Crippen molar-refractivity contribution < 1.29 is 24.2 Å². The fourth-order valence-electron chi connectivity index (χ4n) is 3.96. The maximum Gasteiger partial charge on any atom is 0.306 e. The van der Waals surface area contributed by atoms with E-state index in [2.05, 4.69) is 13.8 Å². The van der Waals surface area contributed by atoms with Crippen molar-refractivity contribution in [2.45, 2.75) is 155 Å². The van der Waals surface area contributed by atoms with E-state index >= 15 is 0 Å². The van der Waals surface area contributed by atoms with E-state index in [0.29, 0.717) is 12.8 Å². The van der Waals surface area contributed by atoms with Crippen LogP contribution in [-0.4, -0.2) is 36.4 Å². The lowest BCUT2D eigenvalue weighted by atomic mass is 10.1. The second-order valence-electron chi connectivity index (χ2n) is 9.49. The number of hydrogen-bond donors (Lipinski definition) is 1. The number of rotatable bonds is 25. The van der Waals surface area contributed by atoms with E-state index in [-0.39, 0.29) is 25.2 Å². The minimum Gasteiger partial charge on any atom is -0.462 e. The zero-order valence-electron chi connectivity index (χ0n) is 21.9. The zero-order valence-corrected chi connectivity index (χ0v) is 21.9. The molecule has 0 aliphatic carbocycles. The molecule has 196 valence electrons. The molecule has 5 heteroatoms. The minimum atomic E-state index is -0.757. The lowest BCUT2D eigenvalue weighted by molar-refractivity contribution is -0.161. The van der Waals surface area contributed by atoms with Gasteiger partial charge < -0.3 is 14.6 Å². The Labute approximate surface area is 204 Å². The molecule has 0 heterocycles. The summed E-state index contributed by atoms with van der Waals surface area (Å²) in [5.41, 5.74) is 0. The Morgan fingerprint density at radius 2 is 0.939 bits per heavy atom. The number of unbranched alkanes of at least 4 members (excludes halogenated alkanes) is 17. The third-order valence-electron chi connectivity index (χ3n) is 6.15. The SMILES string of the molecule is CCCCCCCCCCCCC(=O)O[C@@H](CO)COC(=O)CCCCCCCCCCC. The molecule has 0 fully saturated rings. The Bertz CT molecular complexity index is 438. The van der Waals surface area contributed by atoms with Crippen LogP contribution in [0.5, 0.6) is 0 Å². The summed E-state index contributed by atoms with van der Waals surface area (Å²) < 4.78 is 10.5. The van der Waals surface area contributed by atoms with Gasteiger partial charge in [-0.15, -0.1) is 0 Å². The van der Waals surface area contributed by atoms with Crippen LogP contribution in [0.4, 0.5) is 0 Å². The summed E-state index contributed by atoms with van der Waals surface area (Å²) in [4.78, 5) is 23.9. The quantitative estimate of drug-likeness (QED) is 0.109. The van der Waals surface area contributed by atoms with Crippen LogP contribution in [0.2, 0.25) is 0 Å². The summed E-state index contributed by atoms with van der Waals surface area (Å²) in [6.07, 6.45) is 22.9. The maximum absolute atomic E-state index is 12.0. The van der Waals surface area contributed by atoms with Crippen LogP contribution in [0.15, 0.2) is 0 Å². The van der Waals surface area contributed by atoms with Gasteiger partial charge in [-0.2, -0.15) is 0 Å². The standard InChI is InChI=1S/C28H54O5/c1-3-5-7-9-11-13-15-17-19-21-23-28(31)33-26(24-29)25-32-27(30)22-20-18-16-14-12-10-8-6-4-2/h26,29H,3-25H2,1-2H3/t26-/m0/s1. The number of hydrogen-bond acceptors (Lipinski definition) is 5. The second kappa shape index (κ2) is 25.5. The molecule has 0 aliphatic heterocycles. The van der Waals surface area contributed by atoms with Crippen LogP contribution in [0.3, 0.4) is 0 Å². The van der Waals surface area contributed by atoms with Crippen LogP contribution in [-0.2, 0) is 19.1 Å². The Hall–Kier alpha value is -1.10. The zero-order chi connectivity index (χ0) is 24.4. The molecule has 0 rings (SSSR count). The molecule has 0 radical (unpaired) electrons. The van der Waals surface area contributed by atoms with Gasteiger partial charge in [0, 0.05) is 12.8 Å². The highest BCUT2D eigenvalue weighted by Gasteiger charge is 2.16. The highest BCUT2D eigenvalue weighted by Crippen LogP contribution is 2.13. The molecule has 0 aromatic heterocycles. The average molecular weight is 471 g/mol. The molecule has 0 bridgehead atoms. The van der Waals surface area contributed by atoms with Crippen LogP contribution in [0.25, 0.3) is 0 Å². The van der Waals surface area contributed by atoms with Gasteiger partial charge in [-0.05, 0) is 12.8 Å². The van der Waals surface area contributed by atoms with Crippen molar-refractivity contribution >= 4 is 11.9 Å². The summed E-state index contributed by atoms with van der Waals surface area (Å²) in [6, 6.07) is 0. The van der Waals surface area contributed by atoms with Gasteiger partial charge in [0.1, 0.15) is 6.61 Å². The first-order chi connectivity index (χ1) is 16.1. The van der Waals surface area contributed by atoms with Crippen LogP contribution in [0, 0.1) is 0 Å². The minimum absolute atomic E-state index is 0.0590. The molecule has 1 N–H and O–H groups in total. The molecule has 0 saturated carbocycles. The predicted octanol–water partition coefficient (Wildman–Crippen LogP) is 7.67. The van der Waals surface area contributed by atoms with Crippen molar-refractivity contribution in [1.82, 2.24) is 0 Å². The van der Waals surface area contributed by atoms with Crippen molar-refractivity contribution in [3.8, 4) is 0 Å². The lowest BCUT2D eigenvalue weighted by Crippen LogP contribution is -2.28. The van der Waals surface area contributed by atoms with Crippen LogP contribution in [0.1, 0.15) is 149 Å². The van der Waals surface area contributed by atoms with Crippen molar-refractivity contribution in [3.63, 3.8) is 0 Å². The van der Waals surface area contributed by atoms with Gasteiger partial charge in [-0.25, -0.2) is 0 Å². The van der Waals surface area contributed by atoms with Gasteiger partial charge in [-0.3, -0.25) is 9.59 Å². The molecule has 0 aliphatic rings. The summed E-state index contributed by atoms with van der Waals surface area (Å²) in [7, 11) is 0. The first-order valence-corrected chi connectivity index (χ1v) is 14.1. The highest BCUT2D eigenvalue weighted by molar-refractivity contribution is 5.70. The van der Waals surface area contributed by atoms with Gasteiger partial charge in [0.15, 0.2) is 6.10 Å². The van der Waals surface area contributed by atoms with Crippen molar-refractivity contribution in [1.29, 1.82) is 0 Å². The normalized spacial score (nSPS) is 12.0. The molecule has 1 atom stereocenters. The molecule has 0 spiro atoms. The number of carbonyl (C=O) groups is 2. The van der Waals surface area contributed by atoms with E-state index in [4.69, 9.17) is 9.47 Å². The van der Waals surface area contributed by atoms with Gasteiger partial charge >= 0.3 is 11.9 Å². The Morgan fingerprint density at radius 3 is 1.33 bits per heavy atom. The average Bonchev–Trinajstić information content (AvgIpc) is 2.81.